The zero-order chi connectivity index (χ0) is 32.1. The van der Waals surface area contributed by atoms with Crippen molar-refractivity contribution in [2.75, 3.05) is 43.9 Å². The molecule has 0 aliphatic carbocycles. The molecule has 3 N–H and O–H groups in total. The van der Waals surface area contributed by atoms with Crippen molar-refractivity contribution in [2.24, 2.45) is 7.05 Å². The molecule has 0 bridgehead atoms. The number of anilines is 2. The van der Waals surface area contributed by atoms with Crippen molar-refractivity contribution in [3.8, 4) is 5.75 Å². The van der Waals surface area contributed by atoms with Gasteiger partial charge in [0.05, 0.1) is 34.2 Å². The SMILES string of the molecule is COc1ccc(S(=O)(=O)N(CCCCNc2cc(C)[nH+]c3ccc(F)cc23)CCNc2cc(C)[n+](C)c3ccc(Cl)cc23)cc1. The van der Waals surface area contributed by atoms with E-state index in [1.54, 1.807) is 37.4 Å². The van der Waals surface area contributed by atoms with Gasteiger partial charge >= 0.3 is 0 Å². The quantitative estimate of drug-likeness (QED) is 0.120. The normalized spacial score (nSPS) is 11.8. The van der Waals surface area contributed by atoms with Gasteiger partial charge in [-0.1, -0.05) is 11.6 Å². The van der Waals surface area contributed by atoms with E-state index in [1.165, 1.54) is 16.4 Å². The number of halogens is 2. The summed E-state index contributed by atoms with van der Waals surface area (Å²) in [7, 11) is -0.224. The van der Waals surface area contributed by atoms with Crippen molar-refractivity contribution in [3.63, 3.8) is 0 Å². The summed E-state index contributed by atoms with van der Waals surface area (Å²) < 4.78 is 50.4. The number of methoxy groups -OCH3 is 1. The van der Waals surface area contributed by atoms with Crippen LogP contribution in [0.4, 0.5) is 15.8 Å². The number of hydrogen-bond donors (Lipinski definition) is 2. The van der Waals surface area contributed by atoms with Crippen LogP contribution in [0.5, 0.6) is 5.75 Å². The summed E-state index contributed by atoms with van der Waals surface area (Å²) in [5, 5.41) is 9.25. The largest absolute Gasteiger partial charge is 0.497 e. The zero-order valence-electron chi connectivity index (χ0n) is 26.0. The molecule has 5 aromatic rings. The van der Waals surface area contributed by atoms with Crippen LogP contribution in [0, 0.1) is 19.7 Å². The second-order valence-corrected chi connectivity index (χ2v) is 13.5. The first-order valence-corrected chi connectivity index (χ1v) is 16.7. The summed E-state index contributed by atoms with van der Waals surface area (Å²) >= 11 is 6.32. The van der Waals surface area contributed by atoms with E-state index in [2.05, 4.69) is 20.2 Å². The first kappa shape index (κ1) is 32.4. The number of H-pyrrole nitrogens is 1. The Morgan fingerprint density at radius 3 is 2.38 bits per heavy atom. The summed E-state index contributed by atoms with van der Waals surface area (Å²) in [4.78, 5) is 3.47. The van der Waals surface area contributed by atoms with Crippen LogP contribution in [0.3, 0.4) is 0 Å². The predicted octanol–water partition coefficient (Wildman–Crippen LogP) is 6.04. The van der Waals surface area contributed by atoms with Crippen LogP contribution in [0.2, 0.25) is 5.02 Å². The highest BCUT2D eigenvalue weighted by atomic mass is 35.5. The average Bonchev–Trinajstić information content (AvgIpc) is 3.02. The molecule has 236 valence electrons. The van der Waals surface area contributed by atoms with Crippen molar-refractivity contribution in [1.29, 1.82) is 0 Å². The highest BCUT2D eigenvalue weighted by Gasteiger charge is 2.24. The van der Waals surface area contributed by atoms with E-state index in [0.29, 0.717) is 43.2 Å². The van der Waals surface area contributed by atoms with Crippen LogP contribution in [0.15, 0.2) is 77.7 Å². The second-order valence-electron chi connectivity index (χ2n) is 11.1. The minimum Gasteiger partial charge on any atom is -0.497 e. The second kappa shape index (κ2) is 14.0. The summed E-state index contributed by atoms with van der Waals surface area (Å²) in [6, 6.07) is 20.9. The van der Waals surface area contributed by atoms with Gasteiger partial charge in [-0.05, 0) is 61.4 Å². The fourth-order valence-corrected chi connectivity index (χ4v) is 7.13. The number of pyridine rings is 2. The Hall–Kier alpha value is -3.99. The Morgan fingerprint density at radius 2 is 1.62 bits per heavy atom. The molecule has 0 aliphatic heterocycles. The monoisotopic (exact) mass is 651 g/mol. The number of aryl methyl sites for hydroxylation is 3. The molecule has 2 heterocycles. The van der Waals surface area contributed by atoms with Crippen molar-refractivity contribution < 1.29 is 27.1 Å². The van der Waals surface area contributed by atoms with Gasteiger partial charge < -0.3 is 15.4 Å². The molecule has 0 aliphatic rings. The van der Waals surface area contributed by atoms with Gasteiger partial charge in [0.25, 0.3) is 0 Å². The Balaban J connectivity index is 1.29. The molecule has 3 aromatic carbocycles. The first-order valence-electron chi connectivity index (χ1n) is 14.9. The molecule has 0 radical (unpaired) electrons. The number of fused-ring (bicyclic) bond motifs is 2. The molecule has 11 heteroatoms. The molecule has 0 atom stereocenters. The van der Waals surface area contributed by atoms with Crippen LogP contribution in [0.1, 0.15) is 24.2 Å². The van der Waals surface area contributed by atoms with Gasteiger partial charge in [0.1, 0.15) is 18.6 Å². The van der Waals surface area contributed by atoms with Crippen molar-refractivity contribution >= 4 is 54.8 Å². The van der Waals surface area contributed by atoms with E-state index in [-0.39, 0.29) is 17.3 Å². The maximum atomic E-state index is 14.0. The molecule has 45 heavy (non-hydrogen) atoms. The smallest absolute Gasteiger partial charge is 0.243 e. The average molecular weight is 652 g/mol. The molecule has 0 amide bonds. The summed E-state index contributed by atoms with van der Waals surface area (Å²) in [5.41, 5.74) is 5.63. The van der Waals surface area contributed by atoms with Gasteiger partial charge in [-0.2, -0.15) is 8.87 Å². The van der Waals surface area contributed by atoms with Crippen LogP contribution < -0.4 is 24.9 Å². The topological polar surface area (TPSA) is 88.7 Å². The van der Waals surface area contributed by atoms with E-state index in [1.807, 2.05) is 51.2 Å². The summed E-state index contributed by atoms with van der Waals surface area (Å²) in [5.74, 6) is 0.291. The van der Waals surface area contributed by atoms with Gasteiger partial charge in [0.15, 0.2) is 11.4 Å². The number of aromatic nitrogens is 2. The molecule has 0 fully saturated rings. The summed E-state index contributed by atoms with van der Waals surface area (Å²) in [6.07, 6.45) is 1.35. The molecule has 0 spiro atoms. The third-order valence-corrected chi connectivity index (χ3v) is 10.1. The molecule has 0 saturated carbocycles. The van der Waals surface area contributed by atoms with Gasteiger partial charge in [0.2, 0.25) is 21.1 Å². The van der Waals surface area contributed by atoms with Crippen LogP contribution in [-0.4, -0.2) is 46.0 Å². The van der Waals surface area contributed by atoms with E-state index in [0.717, 1.165) is 44.6 Å². The fourth-order valence-electron chi connectivity index (χ4n) is 5.47. The van der Waals surface area contributed by atoms with E-state index in [4.69, 9.17) is 16.3 Å². The zero-order valence-corrected chi connectivity index (χ0v) is 27.5. The van der Waals surface area contributed by atoms with Crippen LogP contribution in [0.25, 0.3) is 21.8 Å². The minimum atomic E-state index is -3.78. The van der Waals surface area contributed by atoms with Crippen molar-refractivity contribution in [2.45, 2.75) is 31.6 Å². The molecule has 0 saturated heterocycles. The number of unbranched alkanes of at least 4 members (excludes halogenated alkanes) is 1. The number of sulfonamides is 1. The lowest BCUT2D eigenvalue weighted by Gasteiger charge is -2.23. The molecule has 0 unspecified atom stereocenters. The Morgan fingerprint density at radius 1 is 0.889 bits per heavy atom. The number of benzene rings is 3. The van der Waals surface area contributed by atoms with Gasteiger partial charge in [-0.25, -0.2) is 17.8 Å². The van der Waals surface area contributed by atoms with Crippen LogP contribution >= 0.6 is 11.6 Å². The summed E-state index contributed by atoms with van der Waals surface area (Å²) in [6.45, 7) is 5.60. The Bertz CT molecular complexity index is 1940. The maximum Gasteiger partial charge on any atom is 0.243 e. The van der Waals surface area contributed by atoms with E-state index >= 15 is 0 Å². The first-order chi connectivity index (χ1) is 21.6. The van der Waals surface area contributed by atoms with Crippen LogP contribution in [-0.2, 0) is 17.1 Å². The predicted molar refractivity (Wildman–Crippen MR) is 178 cm³/mol. The van der Waals surface area contributed by atoms with Gasteiger partial charge in [0, 0.05) is 69.3 Å². The Kier molecular flexibility index (Phi) is 10.1. The number of nitrogens with zero attached hydrogens (tertiary/aromatic N) is 2. The minimum absolute atomic E-state index is 0.214. The highest BCUT2D eigenvalue weighted by Crippen LogP contribution is 2.26. The molecule has 2 aromatic heterocycles. The van der Waals surface area contributed by atoms with Crippen molar-refractivity contribution in [1.82, 2.24) is 4.31 Å². The molecular formula is C34H39ClFN5O3S+2. The third kappa shape index (κ3) is 7.46. The number of ether oxygens (including phenoxy) is 1. The standard InChI is InChI=1S/C34H37ClFN5O3S/c1-23-19-32(29-22-26(36)8-13-31(29)39-23)37-15-5-6-17-41(45(42,43)28-11-9-27(44-4)10-12-28)18-16-38-33-20-24(2)40(3)34-14-7-25(35)21-30(33)34/h7-14,19-22H,5-6,15-18H2,1-4H3,(H,37,39)/p+2. The highest BCUT2D eigenvalue weighted by molar-refractivity contribution is 7.89. The van der Waals surface area contributed by atoms with E-state index < -0.39 is 10.0 Å². The lowest BCUT2D eigenvalue weighted by Crippen LogP contribution is -2.36. The lowest BCUT2D eigenvalue weighted by molar-refractivity contribution is -0.651. The number of nitrogens with one attached hydrogen (secondary N) is 3. The number of rotatable bonds is 13. The maximum absolute atomic E-state index is 14.0. The Labute approximate surface area is 268 Å². The number of aromatic amines is 1. The molecule has 5 rings (SSSR count). The lowest BCUT2D eigenvalue weighted by atomic mass is 10.1. The fraction of sp³-hybridized carbons (Fsp3) is 0.294. The molecular weight excluding hydrogens is 613 g/mol. The van der Waals surface area contributed by atoms with Crippen molar-refractivity contribution in [3.05, 3.63) is 95.0 Å². The van der Waals surface area contributed by atoms with E-state index in [9.17, 15) is 12.8 Å². The van der Waals surface area contributed by atoms with Gasteiger partial charge in [-0.15, -0.1) is 0 Å². The number of hydrogen-bond acceptors (Lipinski definition) is 5. The third-order valence-electron chi connectivity index (χ3n) is 7.98. The van der Waals surface area contributed by atoms with Gasteiger partial charge in [-0.3, -0.25) is 0 Å². The molecule has 8 nitrogen and oxygen atoms in total.